The molecule has 0 spiro atoms. The number of nitrogens with one attached hydrogen (secondary N) is 2. The van der Waals surface area contributed by atoms with Gasteiger partial charge in [0, 0.05) is 23.6 Å². The molecule has 0 saturated carbocycles. The number of hydrogen-bond donors (Lipinski definition) is 3. The molecule has 0 aliphatic carbocycles. The first-order chi connectivity index (χ1) is 11.4. The molecule has 3 N–H and O–H groups in total. The Balaban J connectivity index is 2.66. The van der Waals surface area contributed by atoms with Gasteiger partial charge in [-0.1, -0.05) is 31.4 Å². The first-order valence-corrected chi connectivity index (χ1v) is 8.37. The normalized spacial score (nSPS) is 11.6. The Morgan fingerprint density at radius 1 is 1.17 bits per heavy atom. The third-order valence-corrected chi connectivity index (χ3v) is 3.71. The van der Waals surface area contributed by atoms with Crippen molar-refractivity contribution >= 4 is 29.4 Å². The summed E-state index contributed by atoms with van der Waals surface area (Å²) in [6.07, 6.45) is 2.71. The number of benzene rings is 1. The Labute approximate surface area is 146 Å². The number of carbonyl (C=O) groups is 3. The molecule has 0 bridgehead atoms. The van der Waals surface area contributed by atoms with Crippen LogP contribution in [0.5, 0.6) is 0 Å². The molecule has 0 aliphatic heterocycles. The number of rotatable bonds is 10. The molecule has 7 heteroatoms. The number of hydrogen-bond acceptors (Lipinski definition) is 3. The largest absolute Gasteiger partial charge is 0.481 e. The maximum absolute atomic E-state index is 12.2. The number of carboxylic acids is 1. The van der Waals surface area contributed by atoms with Gasteiger partial charge in [0.2, 0.25) is 5.91 Å². The van der Waals surface area contributed by atoms with Crippen molar-refractivity contribution in [2.45, 2.75) is 45.1 Å². The molecular formula is C17H23ClN2O4. The van der Waals surface area contributed by atoms with E-state index in [0.29, 0.717) is 17.1 Å². The lowest BCUT2D eigenvalue weighted by molar-refractivity contribution is -0.137. The summed E-state index contributed by atoms with van der Waals surface area (Å²) in [5.74, 6) is -1.82. The van der Waals surface area contributed by atoms with E-state index >= 15 is 0 Å². The minimum atomic E-state index is -1.01. The zero-order valence-corrected chi connectivity index (χ0v) is 14.4. The lowest BCUT2D eigenvalue weighted by atomic mass is 10.1. The Hall–Kier alpha value is -2.08. The summed E-state index contributed by atoms with van der Waals surface area (Å²) in [6.45, 7) is 2.57. The van der Waals surface area contributed by atoms with Crippen LogP contribution < -0.4 is 10.6 Å². The smallest absolute Gasteiger partial charge is 0.303 e. The number of halogens is 1. The molecule has 6 nitrogen and oxygen atoms in total. The quantitative estimate of drug-likeness (QED) is 0.563. The van der Waals surface area contributed by atoms with Crippen LogP contribution in [-0.4, -0.2) is 35.5 Å². The minimum Gasteiger partial charge on any atom is -0.481 e. The number of carbonyl (C=O) groups excluding carboxylic acids is 2. The van der Waals surface area contributed by atoms with Gasteiger partial charge in [0.05, 0.1) is 0 Å². The standard InChI is InChI=1S/C17H23ClN2O4/c1-2-3-4-11-19-17(24)14(9-10-15(21)22)20-16(23)12-5-7-13(18)8-6-12/h5-8,14H,2-4,9-11H2,1H3,(H,19,24)(H,20,23)(H,21,22)/t14-/m1/s1. The van der Waals surface area contributed by atoms with Crippen molar-refractivity contribution in [2.24, 2.45) is 0 Å². The van der Waals surface area contributed by atoms with Gasteiger partial charge in [-0.15, -0.1) is 0 Å². The fourth-order valence-corrected chi connectivity index (χ4v) is 2.22. The van der Waals surface area contributed by atoms with E-state index in [1.54, 1.807) is 24.3 Å². The second kappa shape index (κ2) is 10.6. The van der Waals surface area contributed by atoms with Crippen LogP contribution in [-0.2, 0) is 9.59 Å². The average Bonchev–Trinajstić information content (AvgIpc) is 2.55. The monoisotopic (exact) mass is 354 g/mol. The van der Waals surface area contributed by atoms with Gasteiger partial charge in [-0.3, -0.25) is 14.4 Å². The second-order valence-corrected chi connectivity index (χ2v) is 5.90. The van der Waals surface area contributed by atoms with E-state index in [1.807, 2.05) is 0 Å². The molecule has 2 amide bonds. The number of unbranched alkanes of at least 4 members (excludes halogenated alkanes) is 2. The summed E-state index contributed by atoms with van der Waals surface area (Å²) in [5, 5.41) is 14.6. The van der Waals surface area contributed by atoms with Crippen LogP contribution in [0.15, 0.2) is 24.3 Å². The van der Waals surface area contributed by atoms with Crippen molar-refractivity contribution in [1.29, 1.82) is 0 Å². The van der Waals surface area contributed by atoms with E-state index in [1.165, 1.54) is 0 Å². The van der Waals surface area contributed by atoms with Crippen LogP contribution in [0.2, 0.25) is 5.02 Å². The third-order valence-electron chi connectivity index (χ3n) is 3.45. The highest BCUT2D eigenvalue weighted by Gasteiger charge is 2.22. The lowest BCUT2D eigenvalue weighted by Crippen LogP contribution is -2.47. The maximum atomic E-state index is 12.2. The highest BCUT2D eigenvalue weighted by atomic mass is 35.5. The number of amides is 2. The predicted molar refractivity (Wildman–Crippen MR) is 92.1 cm³/mol. The Bertz CT molecular complexity index is 560. The van der Waals surface area contributed by atoms with Gasteiger partial charge in [-0.25, -0.2) is 0 Å². The molecule has 1 aromatic carbocycles. The van der Waals surface area contributed by atoms with Crippen molar-refractivity contribution in [3.8, 4) is 0 Å². The van der Waals surface area contributed by atoms with Gasteiger partial charge in [0.15, 0.2) is 0 Å². The van der Waals surface area contributed by atoms with Crippen LogP contribution in [0.1, 0.15) is 49.4 Å². The molecule has 0 aliphatic rings. The average molecular weight is 355 g/mol. The molecular weight excluding hydrogens is 332 g/mol. The van der Waals surface area contributed by atoms with Crippen LogP contribution >= 0.6 is 11.6 Å². The molecule has 0 unspecified atom stereocenters. The molecule has 1 aromatic rings. The number of carboxylic acid groups (broad SMARTS) is 1. The minimum absolute atomic E-state index is 0.0360. The third kappa shape index (κ3) is 7.46. The first-order valence-electron chi connectivity index (χ1n) is 8.00. The zero-order chi connectivity index (χ0) is 17.9. The predicted octanol–water partition coefficient (Wildman–Crippen LogP) is 2.61. The Kier molecular flexibility index (Phi) is 8.86. The van der Waals surface area contributed by atoms with Crippen molar-refractivity contribution in [2.75, 3.05) is 6.54 Å². The van der Waals surface area contributed by atoms with E-state index in [9.17, 15) is 14.4 Å². The summed E-state index contributed by atoms with van der Waals surface area (Å²) < 4.78 is 0. The fraction of sp³-hybridized carbons (Fsp3) is 0.471. The maximum Gasteiger partial charge on any atom is 0.303 e. The van der Waals surface area contributed by atoms with Crippen molar-refractivity contribution in [1.82, 2.24) is 10.6 Å². The van der Waals surface area contributed by atoms with E-state index in [0.717, 1.165) is 19.3 Å². The summed E-state index contributed by atoms with van der Waals surface area (Å²) in [5.41, 5.74) is 0.360. The molecule has 1 atom stereocenters. The molecule has 1 rings (SSSR count). The van der Waals surface area contributed by atoms with E-state index in [-0.39, 0.29) is 18.7 Å². The summed E-state index contributed by atoms with van der Waals surface area (Å²) in [7, 11) is 0. The summed E-state index contributed by atoms with van der Waals surface area (Å²) in [6, 6.07) is 5.36. The fourth-order valence-electron chi connectivity index (χ4n) is 2.09. The molecule has 0 aromatic heterocycles. The van der Waals surface area contributed by atoms with Gasteiger partial charge in [-0.05, 0) is 37.1 Å². The van der Waals surface area contributed by atoms with Crippen LogP contribution in [0.25, 0.3) is 0 Å². The SMILES string of the molecule is CCCCCNC(=O)[C@@H](CCC(=O)O)NC(=O)c1ccc(Cl)cc1. The van der Waals surface area contributed by atoms with Crippen LogP contribution in [0.3, 0.4) is 0 Å². The molecule has 0 saturated heterocycles. The second-order valence-electron chi connectivity index (χ2n) is 5.46. The molecule has 0 fully saturated rings. The molecule has 132 valence electrons. The van der Waals surface area contributed by atoms with Gasteiger partial charge in [-0.2, -0.15) is 0 Å². The topological polar surface area (TPSA) is 95.5 Å². The summed E-state index contributed by atoms with van der Waals surface area (Å²) >= 11 is 5.78. The highest BCUT2D eigenvalue weighted by Crippen LogP contribution is 2.10. The van der Waals surface area contributed by atoms with E-state index < -0.39 is 17.9 Å². The van der Waals surface area contributed by atoms with Crippen LogP contribution in [0, 0.1) is 0 Å². The molecule has 0 heterocycles. The van der Waals surface area contributed by atoms with Gasteiger partial charge < -0.3 is 15.7 Å². The lowest BCUT2D eigenvalue weighted by Gasteiger charge is -2.18. The van der Waals surface area contributed by atoms with Crippen molar-refractivity contribution in [3.63, 3.8) is 0 Å². The van der Waals surface area contributed by atoms with Gasteiger partial charge >= 0.3 is 5.97 Å². The Morgan fingerprint density at radius 2 is 1.83 bits per heavy atom. The molecule has 24 heavy (non-hydrogen) atoms. The zero-order valence-electron chi connectivity index (χ0n) is 13.7. The van der Waals surface area contributed by atoms with Crippen molar-refractivity contribution in [3.05, 3.63) is 34.9 Å². The highest BCUT2D eigenvalue weighted by molar-refractivity contribution is 6.30. The Morgan fingerprint density at radius 3 is 2.42 bits per heavy atom. The van der Waals surface area contributed by atoms with Crippen LogP contribution in [0.4, 0.5) is 0 Å². The number of aliphatic carboxylic acids is 1. The summed E-state index contributed by atoms with van der Waals surface area (Å²) in [4.78, 5) is 35.2. The first kappa shape index (κ1) is 20.0. The van der Waals surface area contributed by atoms with E-state index in [4.69, 9.17) is 16.7 Å². The molecule has 0 radical (unpaired) electrons. The van der Waals surface area contributed by atoms with Crippen molar-refractivity contribution < 1.29 is 19.5 Å². The van der Waals surface area contributed by atoms with Gasteiger partial charge in [0.25, 0.3) is 5.91 Å². The van der Waals surface area contributed by atoms with Gasteiger partial charge in [0.1, 0.15) is 6.04 Å². The van der Waals surface area contributed by atoms with E-state index in [2.05, 4.69) is 17.6 Å².